The van der Waals surface area contributed by atoms with Crippen LogP contribution >= 0.6 is 0 Å². The molecule has 0 radical (unpaired) electrons. The van der Waals surface area contributed by atoms with Gasteiger partial charge in [-0.15, -0.1) is 0 Å². The van der Waals surface area contributed by atoms with Gasteiger partial charge in [-0.3, -0.25) is 0 Å². The number of halogens is 1. The molecule has 0 aromatic heterocycles. The van der Waals surface area contributed by atoms with E-state index in [2.05, 4.69) is 4.90 Å². The summed E-state index contributed by atoms with van der Waals surface area (Å²) in [5, 5.41) is 10.2. The summed E-state index contributed by atoms with van der Waals surface area (Å²) in [6, 6.07) is 4.76. The predicted molar refractivity (Wildman–Crippen MR) is 63.3 cm³/mol. The van der Waals surface area contributed by atoms with Gasteiger partial charge in [0.1, 0.15) is 18.0 Å². The normalized spacial score (nSPS) is 23.6. The quantitative estimate of drug-likeness (QED) is 0.849. The second kappa shape index (κ2) is 5.12. The van der Waals surface area contributed by atoms with Gasteiger partial charge in [0.2, 0.25) is 0 Å². The summed E-state index contributed by atoms with van der Waals surface area (Å²) >= 11 is 0. The van der Waals surface area contributed by atoms with Crippen molar-refractivity contribution in [2.45, 2.75) is 19.1 Å². The third kappa shape index (κ3) is 2.83. The van der Waals surface area contributed by atoms with Crippen LogP contribution in [-0.2, 0) is 4.74 Å². The number of morpholine rings is 1. The van der Waals surface area contributed by atoms with E-state index in [4.69, 9.17) is 4.74 Å². The predicted octanol–water partition coefficient (Wildman–Crippen LogP) is 1.50. The Bertz CT molecular complexity index is 397. The molecule has 0 spiro atoms. The summed E-state index contributed by atoms with van der Waals surface area (Å²) in [4.78, 5) is 2.07. The number of aliphatic hydroxyl groups is 1. The van der Waals surface area contributed by atoms with Crippen LogP contribution in [0, 0.1) is 12.7 Å². The highest BCUT2D eigenvalue weighted by molar-refractivity contribution is 5.26. The van der Waals surface area contributed by atoms with E-state index in [0.717, 1.165) is 12.1 Å². The minimum absolute atomic E-state index is 0.324. The van der Waals surface area contributed by atoms with Crippen molar-refractivity contribution in [3.05, 3.63) is 35.1 Å². The molecule has 2 unspecified atom stereocenters. The van der Waals surface area contributed by atoms with Crippen LogP contribution in [0.3, 0.4) is 0 Å². The summed E-state index contributed by atoms with van der Waals surface area (Å²) < 4.78 is 19.1. The van der Waals surface area contributed by atoms with Gasteiger partial charge in [-0.2, -0.15) is 0 Å². The molecule has 1 heterocycles. The lowest BCUT2D eigenvalue weighted by Crippen LogP contribution is -2.43. The smallest absolute Gasteiger partial charge is 0.129 e. The van der Waals surface area contributed by atoms with Gasteiger partial charge in [-0.25, -0.2) is 4.39 Å². The van der Waals surface area contributed by atoms with Gasteiger partial charge >= 0.3 is 0 Å². The molecule has 2 atom stereocenters. The highest BCUT2D eigenvalue weighted by Crippen LogP contribution is 2.25. The Kier molecular flexibility index (Phi) is 3.76. The Morgan fingerprint density at radius 2 is 2.29 bits per heavy atom. The minimum Gasteiger partial charge on any atom is -0.386 e. The zero-order valence-electron chi connectivity index (χ0n) is 10.2. The van der Waals surface area contributed by atoms with Crippen molar-refractivity contribution in [2.75, 3.05) is 26.7 Å². The van der Waals surface area contributed by atoms with E-state index in [9.17, 15) is 9.50 Å². The lowest BCUT2D eigenvalue weighted by molar-refractivity contribution is -0.0853. The monoisotopic (exact) mass is 239 g/mol. The van der Waals surface area contributed by atoms with E-state index in [1.165, 1.54) is 6.07 Å². The number of rotatable bonds is 2. The van der Waals surface area contributed by atoms with Crippen LogP contribution in [0.2, 0.25) is 0 Å². The average Bonchev–Trinajstić information content (AvgIpc) is 2.31. The largest absolute Gasteiger partial charge is 0.386 e. The molecule has 2 rings (SSSR count). The average molecular weight is 239 g/mol. The highest BCUT2D eigenvalue weighted by atomic mass is 19.1. The lowest BCUT2D eigenvalue weighted by atomic mass is 10.0. The Hall–Kier alpha value is -0.970. The summed E-state index contributed by atoms with van der Waals surface area (Å²) in [6.07, 6.45) is -1.26. The van der Waals surface area contributed by atoms with Crippen LogP contribution in [-0.4, -0.2) is 42.9 Å². The molecule has 0 bridgehead atoms. The first-order valence-electron chi connectivity index (χ1n) is 5.82. The zero-order chi connectivity index (χ0) is 12.4. The number of aryl methyl sites for hydroxylation is 1. The molecule has 0 saturated carbocycles. The number of hydrogen-bond donors (Lipinski definition) is 1. The van der Waals surface area contributed by atoms with Crippen LogP contribution in [0.5, 0.6) is 0 Å². The minimum atomic E-state index is -0.905. The van der Waals surface area contributed by atoms with Crippen LogP contribution < -0.4 is 0 Å². The topological polar surface area (TPSA) is 32.7 Å². The third-order valence-corrected chi connectivity index (χ3v) is 3.12. The number of aliphatic hydroxyl groups excluding tert-OH is 1. The van der Waals surface area contributed by atoms with Crippen molar-refractivity contribution in [1.29, 1.82) is 0 Å². The molecule has 0 amide bonds. The number of ether oxygens (including phenoxy) is 1. The van der Waals surface area contributed by atoms with Crippen molar-refractivity contribution < 1.29 is 14.2 Å². The molecule has 1 aromatic rings. The van der Waals surface area contributed by atoms with E-state index in [1.807, 2.05) is 14.0 Å². The number of likely N-dealkylation sites (N-methyl/N-ethyl adjacent to an activating group) is 1. The fourth-order valence-corrected chi connectivity index (χ4v) is 2.09. The summed E-state index contributed by atoms with van der Waals surface area (Å²) in [6.45, 7) is 3.92. The molecule has 1 aliphatic rings. The molecule has 1 N–H and O–H groups in total. The Balaban J connectivity index is 2.18. The van der Waals surface area contributed by atoms with Gasteiger partial charge in [0.25, 0.3) is 0 Å². The first-order chi connectivity index (χ1) is 8.08. The first-order valence-corrected chi connectivity index (χ1v) is 5.82. The number of benzene rings is 1. The third-order valence-electron chi connectivity index (χ3n) is 3.12. The molecule has 4 heteroatoms. The maximum absolute atomic E-state index is 13.6. The SMILES string of the molecule is Cc1ccc(F)c(C(O)C2CN(C)CCO2)c1. The van der Waals surface area contributed by atoms with Crippen LogP contribution in [0.25, 0.3) is 0 Å². The number of hydrogen-bond acceptors (Lipinski definition) is 3. The Morgan fingerprint density at radius 1 is 1.53 bits per heavy atom. The molecule has 17 heavy (non-hydrogen) atoms. The van der Waals surface area contributed by atoms with E-state index in [1.54, 1.807) is 12.1 Å². The van der Waals surface area contributed by atoms with E-state index in [0.29, 0.717) is 18.7 Å². The van der Waals surface area contributed by atoms with Crippen LogP contribution in [0.1, 0.15) is 17.2 Å². The van der Waals surface area contributed by atoms with Gasteiger partial charge in [0.05, 0.1) is 6.61 Å². The standard InChI is InChI=1S/C13H18FNO2/c1-9-3-4-11(14)10(7-9)13(16)12-8-15(2)5-6-17-12/h3-4,7,12-13,16H,5-6,8H2,1-2H3. The van der Waals surface area contributed by atoms with Crippen molar-refractivity contribution in [1.82, 2.24) is 4.90 Å². The fourth-order valence-electron chi connectivity index (χ4n) is 2.09. The molecule has 3 nitrogen and oxygen atoms in total. The first kappa shape index (κ1) is 12.5. The Morgan fingerprint density at radius 3 is 3.00 bits per heavy atom. The second-order valence-electron chi connectivity index (χ2n) is 4.64. The number of nitrogens with zero attached hydrogens (tertiary/aromatic N) is 1. The van der Waals surface area contributed by atoms with Crippen molar-refractivity contribution in [2.24, 2.45) is 0 Å². The second-order valence-corrected chi connectivity index (χ2v) is 4.64. The molecule has 0 aliphatic carbocycles. The Labute approximate surface area is 101 Å². The lowest BCUT2D eigenvalue weighted by Gasteiger charge is -2.33. The van der Waals surface area contributed by atoms with E-state index < -0.39 is 6.10 Å². The van der Waals surface area contributed by atoms with Gasteiger partial charge in [-0.1, -0.05) is 17.7 Å². The maximum Gasteiger partial charge on any atom is 0.129 e. The van der Waals surface area contributed by atoms with E-state index >= 15 is 0 Å². The van der Waals surface area contributed by atoms with Crippen molar-refractivity contribution in [3.63, 3.8) is 0 Å². The molecular formula is C13H18FNO2. The summed E-state index contributed by atoms with van der Waals surface area (Å²) in [5.41, 5.74) is 1.26. The molecule has 94 valence electrons. The van der Waals surface area contributed by atoms with Gasteiger partial charge < -0.3 is 14.7 Å². The summed E-state index contributed by atoms with van der Waals surface area (Å²) in [5.74, 6) is -0.375. The molecule has 1 aromatic carbocycles. The van der Waals surface area contributed by atoms with Crippen molar-refractivity contribution >= 4 is 0 Å². The van der Waals surface area contributed by atoms with Gasteiger partial charge in [0, 0.05) is 18.7 Å². The van der Waals surface area contributed by atoms with Gasteiger partial charge in [-0.05, 0) is 20.0 Å². The molecular weight excluding hydrogens is 221 g/mol. The molecule has 1 saturated heterocycles. The van der Waals surface area contributed by atoms with Crippen LogP contribution in [0.4, 0.5) is 4.39 Å². The fraction of sp³-hybridized carbons (Fsp3) is 0.538. The zero-order valence-corrected chi connectivity index (χ0v) is 10.2. The summed E-state index contributed by atoms with van der Waals surface area (Å²) in [7, 11) is 1.97. The van der Waals surface area contributed by atoms with Crippen molar-refractivity contribution in [3.8, 4) is 0 Å². The molecule has 1 aliphatic heterocycles. The van der Waals surface area contributed by atoms with Crippen LogP contribution in [0.15, 0.2) is 18.2 Å². The maximum atomic E-state index is 13.6. The molecule has 1 fully saturated rings. The van der Waals surface area contributed by atoms with E-state index in [-0.39, 0.29) is 11.9 Å². The van der Waals surface area contributed by atoms with Gasteiger partial charge in [0.15, 0.2) is 0 Å². The highest BCUT2D eigenvalue weighted by Gasteiger charge is 2.28.